The fraction of sp³-hybridized carbons (Fsp3) is 0.300. The van der Waals surface area contributed by atoms with Crippen molar-refractivity contribution in [1.82, 2.24) is 0 Å². The van der Waals surface area contributed by atoms with E-state index in [0.29, 0.717) is 11.4 Å². The molecule has 5 heteroatoms. The molecule has 0 bridgehead atoms. The molecule has 2 rings (SSSR count). The molecule has 0 aliphatic carbocycles. The van der Waals surface area contributed by atoms with E-state index >= 15 is 0 Å². The van der Waals surface area contributed by atoms with Crippen molar-refractivity contribution in [3.05, 3.63) is 53.6 Å². The number of hydrogen-bond donors (Lipinski definition) is 3. The molecule has 5 nitrogen and oxygen atoms in total. The predicted octanol–water partition coefficient (Wildman–Crippen LogP) is 3.83. The summed E-state index contributed by atoms with van der Waals surface area (Å²) in [6, 6.07) is 12.3. The van der Waals surface area contributed by atoms with E-state index < -0.39 is 0 Å². The Hall–Kier alpha value is -2.82. The molecule has 0 heterocycles. The molecule has 0 aliphatic heterocycles. The molecule has 25 heavy (non-hydrogen) atoms. The van der Waals surface area contributed by atoms with Gasteiger partial charge in [-0.05, 0) is 40.8 Å². The summed E-state index contributed by atoms with van der Waals surface area (Å²) in [6.07, 6.45) is 0.180. The summed E-state index contributed by atoms with van der Waals surface area (Å²) in [6.45, 7) is 7.66. The van der Waals surface area contributed by atoms with Gasteiger partial charge < -0.3 is 15.7 Å². The average molecular weight is 340 g/mol. The summed E-state index contributed by atoms with van der Waals surface area (Å²) in [5.74, 6) is -0.310. The molecule has 2 aromatic carbocycles. The molecule has 132 valence electrons. The van der Waals surface area contributed by atoms with Crippen molar-refractivity contribution in [2.75, 3.05) is 10.6 Å². The third-order valence-electron chi connectivity index (χ3n) is 3.78. The molecule has 0 unspecified atom stereocenters. The Labute approximate surface area is 148 Å². The lowest BCUT2D eigenvalue weighted by molar-refractivity contribution is -0.116. The standard InChI is InChI=1S/C20H24N2O3/c1-13(23)21-16-8-5-14(6-9-16)11-19(25)22-17-12-15(20(2,3)4)7-10-18(17)24/h5-10,12,24H,11H2,1-4H3,(H,21,23)(H,22,25). The Morgan fingerprint density at radius 1 is 1.00 bits per heavy atom. The average Bonchev–Trinajstić information content (AvgIpc) is 2.50. The number of rotatable bonds is 4. The quantitative estimate of drug-likeness (QED) is 0.740. The molecule has 0 saturated carbocycles. The van der Waals surface area contributed by atoms with Gasteiger partial charge in [-0.1, -0.05) is 39.0 Å². The summed E-state index contributed by atoms with van der Waals surface area (Å²) in [5.41, 5.74) is 2.87. The maximum Gasteiger partial charge on any atom is 0.228 e. The summed E-state index contributed by atoms with van der Waals surface area (Å²) in [5, 5.41) is 15.4. The van der Waals surface area contributed by atoms with Gasteiger partial charge in [0.15, 0.2) is 0 Å². The molecule has 2 aromatic rings. The molecule has 0 radical (unpaired) electrons. The molecule has 0 fully saturated rings. The lowest BCUT2D eigenvalue weighted by Gasteiger charge is -2.20. The van der Waals surface area contributed by atoms with Gasteiger partial charge in [-0.2, -0.15) is 0 Å². The normalized spacial score (nSPS) is 11.0. The maximum absolute atomic E-state index is 12.3. The predicted molar refractivity (Wildman–Crippen MR) is 99.9 cm³/mol. The first-order valence-electron chi connectivity index (χ1n) is 8.15. The minimum atomic E-state index is -0.214. The zero-order valence-electron chi connectivity index (χ0n) is 15.0. The van der Waals surface area contributed by atoms with Crippen LogP contribution >= 0.6 is 0 Å². The fourth-order valence-corrected chi connectivity index (χ4v) is 2.39. The molecular weight excluding hydrogens is 316 g/mol. The van der Waals surface area contributed by atoms with Crippen molar-refractivity contribution in [3.8, 4) is 5.75 Å². The topological polar surface area (TPSA) is 78.4 Å². The second-order valence-corrected chi connectivity index (χ2v) is 7.08. The third kappa shape index (κ3) is 5.35. The van der Waals surface area contributed by atoms with Crippen molar-refractivity contribution in [1.29, 1.82) is 0 Å². The Balaban J connectivity index is 2.06. The molecule has 0 saturated heterocycles. The van der Waals surface area contributed by atoms with E-state index in [2.05, 4.69) is 31.4 Å². The zero-order chi connectivity index (χ0) is 18.6. The van der Waals surface area contributed by atoms with Crippen LogP contribution < -0.4 is 10.6 Å². The van der Waals surface area contributed by atoms with Gasteiger partial charge in [0.05, 0.1) is 12.1 Å². The van der Waals surface area contributed by atoms with Crippen LogP contribution in [0.4, 0.5) is 11.4 Å². The highest BCUT2D eigenvalue weighted by atomic mass is 16.3. The SMILES string of the molecule is CC(=O)Nc1ccc(CC(=O)Nc2cc(C(C)(C)C)ccc2O)cc1. The number of amides is 2. The van der Waals surface area contributed by atoms with Crippen LogP contribution in [0.15, 0.2) is 42.5 Å². The summed E-state index contributed by atoms with van der Waals surface area (Å²) < 4.78 is 0. The second kappa shape index (κ2) is 7.38. The van der Waals surface area contributed by atoms with Crippen LogP contribution in [-0.2, 0) is 21.4 Å². The van der Waals surface area contributed by atoms with Gasteiger partial charge in [-0.3, -0.25) is 9.59 Å². The van der Waals surface area contributed by atoms with Crippen molar-refractivity contribution in [3.63, 3.8) is 0 Å². The smallest absolute Gasteiger partial charge is 0.228 e. The monoisotopic (exact) mass is 340 g/mol. The number of phenols is 1. The molecular formula is C20H24N2O3. The first-order chi connectivity index (χ1) is 11.6. The van der Waals surface area contributed by atoms with Crippen molar-refractivity contribution in [2.45, 2.75) is 39.5 Å². The fourth-order valence-electron chi connectivity index (χ4n) is 2.39. The summed E-state index contributed by atoms with van der Waals surface area (Å²) in [4.78, 5) is 23.3. The number of carbonyl (C=O) groups is 2. The lowest BCUT2D eigenvalue weighted by Crippen LogP contribution is -2.16. The van der Waals surface area contributed by atoms with Gasteiger partial charge >= 0.3 is 0 Å². The maximum atomic E-state index is 12.3. The number of hydrogen-bond acceptors (Lipinski definition) is 3. The van der Waals surface area contributed by atoms with Crippen LogP contribution in [0.3, 0.4) is 0 Å². The molecule has 0 aliphatic rings. The van der Waals surface area contributed by atoms with Crippen LogP contribution in [0.5, 0.6) is 5.75 Å². The van der Waals surface area contributed by atoms with E-state index in [0.717, 1.165) is 11.1 Å². The lowest BCUT2D eigenvalue weighted by atomic mass is 9.87. The largest absolute Gasteiger partial charge is 0.506 e. The van der Waals surface area contributed by atoms with Gasteiger partial charge in [-0.25, -0.2) is 0 Å². The number of aromatic hydroxyl groups is 1. The van der Waals surface area contributed by atoms with Crippen LogP contribution in [0.25, 0.3) is 0 Å². The molecule has 0 aromatic heterocycles. The van der Waals surface area contributed by atoms with Gasteiger partial charge in [0, 0.05) is 12.6 Å². The Bertz CT molecular complexity index is 775. The van der Waals surface area contributed by atoms with E-state index in [9.17, 15) is 14.7 Å². The Morgan fingerprint density at radius 3 is 2.20 bits per heavy atom. The van der Waals surface area contributed by atoms with Crippen molar-refractivity contribution >= 4 is 23.2 Å². The Kier molecular flexibility index (Phi) is 5.47. The number of nitrogens with one attached hydrogen (secondary N) is 2. The molecule has 0 atom stereocenters. The molecule has 3 N–H and O–H groups in total. The minimum absolute atomic E-state index is 0.0438. The van der Waals surface area contributed by atoms with E-state index in [1.54, 1.807) is 36.4 Å². The van der Waals surface area contributed by atoms with Crippen LogP contribution in [0.2, 0.25) is 0 Å². The Morgan fingerprint density at radius 2 is 1.64 bits per heavy atom. The number of benzene rings is 2. The summed E-state index contributed by atoms with van der Waals surface area (Å²) >= 11 is 0. The van der Waals surface area contributed by atoms with Crippen LogP contribution in [-0.4, -0.2) is 16.9 Å². The third-order valence-corrected chi connectivity index (χ3v) is 3.78. The van der Waals surface area contributed by atoms with E-state index in [1.165, 1.54) is 6.92 Å². The first kappa shape index (κ1) is 18.5. The van der Waals surface area contributed by atoms with Gasteiger partial charge in [0.1, 0.15) is 5.75 Å². The highest BCUT2D eigenvalue weighted by molar-refractivity contribution is 5.94. The minimum Gasteiger partial charge on any atom is -0.506 e. The van der Waals surface area contributed by atoms with E-state index in [1.807, 2.05) is 6.07 Å². The van der Waals surface area contributed by atoms with E-state index in [-0.39, 0.29) is 29.4 Å². The number of carbonyl (C=O) groups excluding carboxylic acids is 2. The second-order valence-electron chi connectivity index (χ2n) is 7.08. The highest BCUT2D eigenvalue weighted by Crippen LogP contribution is 2.30. The zero-order valence-corrected chi connectivity index (χ0v) is 15.0. The molecule has 0 spiro atoms. The van der Waals surface area contributed by atoms with Gasteiger partial charge in [-0.15, -0.1) is 0 Å². The van der Waals surface area contributed by atoms with Crippen LogP contribution in [0.1, 0.15) is 38.8 Å². The summed E-state index contributed by atoms with van der Waals surface area (Å²) in [7, 11) is 0. The first-order valence-corrected chi connectivity index (χ1v) is 8.15. The van der Waals surface area contributed by atoms with E-state index in [4.69, 9.17) is 0 Å². The number of anilines is 2. The highest BCUT2D eigenvalue weighted by Gasteiger charge is 2.16. The van der Waals surface area contributed by atoms with Gasteiger partial charge in [0.25, 0.3) is 0 Å². The molecule has 2 amide bonds. The van der Waals surface area contributed by atoms with Crippen molar-refractivity contribution < 1.29 is 14.7 Å². The van der Waals surface area contributed by atoms with Crippen LogP contribution in [0, 0.1) is 0 Å². The van der Waals surface area contributed by atoms with Gasteiger partial charge in [0.2, 0.25) is 11.8 Å². The van der Waals surface area contributed by atoms with Crippen molar-refractivity contribution in [2.24, 2.45) is 0 Å². The number of phenolic OH excluding ortho intramolecular Hbond substituents is 1.